The van der Waals surface area contributed by atoms with E-state index < -0.39 is 17.2 Å². The Hall–Kier alpha value is -4.71. The molecule has 2 aliphatic rings. The van der Waals surface area contributed by atoms with Gasteiger partial charge >= 0.3 is 6.09 Å². The van der Waals surface area contributed by atoms with Crippen molar-refractivity contribution in [2.24, 2.45) is 0 Å². The summed E-state index contributed by atoms with van der Waals surface area (Å²) < 4.78 is 39.8. The van der Waals surface area contributed by atoms with Crippen LogP contribution in [-0.2, 0) is 16.1 Å². The van der Waals surface area contributed by atoms with Crippen molar-refractivity contribution in [1.82, 2.24) is 29.5 Å². The van der Waals surface area contributed by atoms with Gasteiger partial charge in [-0.1, -0.05) is 17.7 Å². The summed E-state index contributed by atoms with van der Waals surface area (Å²) in [4.78, 5) is 46.4. The van der Waals surface area contributed by atoms with Gasteiger partial charge < -0.3 is 24.4 Å². The molecule has 0 aliphatic carbocycles. The number of amides is 3. The lowest BCUT2D eigenvalue weighted by Gasteiger charge is -2.33. The molecule has 270 valence electrons. The molecule has 0 radical (unpaired) electrons. The summed E-state index contributed by atoms with van der Waals surface area (Å²) in [6.45, 7) is 7.40. The molecule has 0 spiro atoms. The number of aromatic amines is 1. The summed E-state index contributed by atoms with van der Waals surface area (Å²) in [6, 6.07) is 7.99. The zero-order valence-electron chi connectivity index (χ0n) is 29.6. The van der Waals surface area contributed by atoms with Gasteiger partial charge in [0.05, 0.1) is 5.52 Å². The van der Waals surface area contributed by atoms with Crippen molar-refractivity contribution in [3.8, 4) is 11.1 Å². The quantitative estimate of drug-likeness (QED) is 0.213. The van der Waals surface area contributed by atoms with Crippen molar-refractivity contribution in [3.05, 3.63) is 82.3 Å². The van der Waals surface area contributed by atoms with E-state index in [1.807, 2.05) is 26.8 Å². The van der Waals surface area contributed by atoms with Crippen LogP contribution < -0.4 is 0 Å². The molecule has 0 saturated carbocycles. The molecule has 3 amide bonds. The Kier molecular flexibility index (Phi) is 10.3. The number of hydrogen-bond acceptors (Lipinski definition) is 5. The number of carbonyl (C=O) groups is 3. The molecule has 4 aromatic rings. The van der Waals surface area contributed by atoms with Crippen LogP contribution in [0.15, 0.2) is 48.8 Å². The number of nitrogens with one attached hydrogen (secondary N) is 1. The molecular formula is C38H43ClF2N6O4. The summed E-state index contributed by atoms with van der Waals surface area (Å²) in [7, 11) is 3.20. The second kappa shape index (κ2) is 14.5. The second-order valence-electron chi connectivity index (χ2n) is 14.4. The molecule has 2 aromatic heterocycles. The lowest BCUT2D eigenvalue weighted by molar-refractivity contribution is -0.131. The molecule has 4 heterocycles. The number of ether oxygens (including phenoxy) is 1. The van der Waals surface area contributed by atoms with Crippen LogP contribution in [0.4, 0.5) is 13.6 Å². The highest BCUT2D eigenvalue weighted by molar-refractivity contribution is 6.34. The van der Waals surface area contributed by atoms with Crippen LogP contribution in [0.3, 0.4) is 0 Å². The molecule has 1 saturated heterocycles. The monoisotopic (exact) mass is 720 g/mol. The first kappa shape index (κ1) is 36.1. The van der Waals surface area contributed by atoms with E-state index in [2.05, 4.69) is 10.1 Å². The van der Waals surface area contributed by atoms with Crippen molar-refractivity contribution in [2.45, 2.75) is 64.5 Å². The molecule has 0 atom stereocenters. The summed E-state index contributed by atoms with van der Waals surface area (Å²) in [5, 5.41) is 4.82. The SMILES string of the molecule is CN(C)C(=O)c1cc2c(-c3cc(F)c(C4CCN(C(=O)OC(C)(C)C)CC4)cc3Cl)cc(C3=CCCN(C(=O)CCn4cccn4)C3)c(F)c2[nH]1. The highest BCUT2D eigenvalue weighted by atomic mass is 35.5. The van der Waals surface area contributed by atoms with E-state index in [9.17, 15) is 14.4 Å². The maximum Gasteiger partial charge on any atom is 0.410 e. The zero-order chi connectivity index (χ0) is 36.6. The van der Waals surface area contributed by atoms with Crippen molar-refractivity contribution < 1.29 is 27.9 Å². The van der Waals surface area contributed by atoms with Gasteiger partial charge in [0.15, 0.2) is 5.82 Å². The summed E-state index contributed by atoms with van der Waals surface area (Å²) in [6.07, 6.45) is 6.82. The first-order chi connectivity index (χ1) is 24.2. The number of rotatable bonds is 7. The van der Waals surface area contributed by atoms with E-state index in [0.29, 0.717) is 73.1 Å². The fourth-order valence-electron chi connectivity index (χ4n) is 6.81. The zero-order valence-corrected chi connectivity index (χ0v) is 30.3. The van der Waals surface area contributed by atoms with Crippen molar-refractivity contribution in [1.29, 1.82) is 0 Å². The number of aryl methyl sites for hydroxylation is 1. The third-order valence-electron chi connectivity index (χ3n) is 9.42. The number of aromatic nitrogens is 3. The number of hydrogen-bond donors (Lipinski definition) is 1. The third kappa shape index (κ3) is 7.80. The van der Waals surface area contributed by atoms with Gasteiger partial charge in [-0.2, -0.15) is 5.10 Å². The van der Waals surface area contributed by atoms with E-state index in [1.165, 1.54) is 11.0 Å². The molecule has 13 heteroatoms. The Labute approximate surface area is 301 Å². The Morgan fingerprint density at radius 2 is 1.76 bits per heavy atom. The van der Waals surface area contributed by atoms with Gasteiger partial charge in [-0.25, -0.2) is 13.6 Å². The van der Waals surface area contributed by atoms with E-state index in [0.717, 1.165) is 0 Å². The minimum absolute atomic E-state index is 0.0748. The first-order valence-electron chi connectivity index (χ1n) is 17.2. The first-order valence-corrected chi connectivity index (χ1v) is 17.6. The fraction of sp³-hybridized carbons (Fsp3) is 0.421. The van der Waals surface area contributed by atoms with Crippen LogP contribution in [0, 0.1) is 11.6 Å². The number of piperidine rings is 1. The topological polar surface area (TPSA) is 104 Å². The van der Waals surface area contributed by atoms with Crippen LogP contribution in [0.1, 0.15) is 74.0 Å². The Morgan fingerprint density at radius 1 is 1.02 bits per heavy atom. The normalized spacial score (nSPS) is 15.6. The molecule has 0 bridgehead atoms. The number of nitrogens with zero attached hydrogens (tertiary/aromatic N) is 5. The van der Waals surface area contributed by atoms with Crippen LogP contribution in [0.25, 0.3) is 27.6 Å². The Morgan fingerprint density at radius 3 is 2.43 bits per heavy atom. The standard InChI is InChI=1S/C38H43ClF2N6O4/c1-38(2,3)51-37(50)45-15-9-23(10-16-45)25-19-30(39)28(20-31(25)40)27-18-26(34(41)35-29(27)21-32(43-35)36(49)44(4)5)24-8-6-13-46(22-24)33(48)11-17-47-14-7-12-42-47/h7-8,12,14,18-21,23,43H,6,9-11,13,15-17,22H2,1-5H3. The molecule has 10 nitrogen and oxygen atoms in total. The second-order valence-corrected chi connectivity index (χ2v) is 14.8. The number of benzene rings is 2. The number of H-pyrrole nitrogens is 1. The molecule has 6 rings (SSSR count). The van der Waals surface area contributed by atoms with Gasteiger partial charge in [0, 0.05) is 87.2 Å². The molecular weight excluding hydrogens is 678 g/mol. The minimum Gasteiger partial charge on any atom is -0.444 e. The highest BCUT2D eigenvalue weighted by Gasteiger charge is 2.30. The van der Waals surface area contributed by atoms with Crippen LogP contribution in [0.2, 0.25) is 5.02 Å². The Bertz CT molecular complexity index is 1990. The van der Waals surface area contributed by atoms with E-state index >= 15 is 8.78 Å². The summed E-state index contributed by atoms with van der Waals surface area (Å²) in [5.74, 6) is -1.63. The van der Waals surface area contributed by atoms with Gasteiger partial charge in [0.2, 0.25) is 5.91 Å². The predicted molar refractivity (Wildman–Crippen MR) is 192 cm³/mol. The fourth-order valence-corrected chi connectivity index (χ4v) is 7.08. The van der Waals surface area contributed by atoms with Crippen molar-refractivity contribution >= 4 is 46.0 Å². The Balaban J connectivity index is 1.33. The van der Waals surface area contributed by atoms with Gasteiger partial charge in [0.25, 0.3) is 5.91 Å². The lowest BCUT2D eigenvalue weighted by atomic mass is 9.87. The van der Waals surface area contributed by atoms with Crippen molar-refractivity contribution in [3.63, 3.8) is 0 Å². The average molecular weight is 721 g/mol. The average Bonchev–Trinajstić information content (AvgIpc) is 3.79. The maximum absolute atomic E-state index is 16.5. The molecule has 2 aromatic carbocycles. The molecule has 2 aliphatic heterocycles. The summed E-state index contributed by atoms with van der Waals surface area (Å²) in [5.41, 5.74) is 1.74. The number of likely N-dealkylation sites (tertiary alicyclic amines) is 1. The number of fused-ring (bicyclic) bond motifs is 1. The molecule has 1 fully saturated rings. The van der Waals surface area contributed by atoms with Crippen molar-refractivity contribution in [2.75, 3.05) is 40.3 Å². The van der Waals surface area contributed by atoms with E-state index in [-0.39, 0.29) is 58.6 Å². The van der Waals surface area contributed by atoms with Crippen LogP contribution in [0.5, 0.6) is 0 Å². The predicted octanol–water partition coefficient (Wildman–Crippen LogP) is 7.49. The van der Waals surface area contributed by atoms with Crippen LogP contribution in [-0.4, -0.2) is 93.2 Å². The lowest BCUT2D eigenvalue weighted by Crippen LogP contribution is -2.41. The smallest absolute Gasteiger partial charge is 0.410 e. The number of halogens is 3. The van der Waals surface area contributed by atoms with Gasteiger partial charge in [0.1, 0.15) is 17.1 Å². The van der Waals surface area contributed by atoms with E-state index in [1.54, 1.807) is 65.2 Å². The largest absolute Gasteiger partial charge is 0.444 e. The van der Waals surface area contributed by atoms with Gasteiger partial charge in [-0.15, -0.1) is 0 Å². The molecule has 0 unspecified atom stereocenters. The molecule has 1 N–H and O–H groups in total. The highest BCUT2D eigenvalue weighted by Crippen LogP contribution is 2.42. The summed E-state index contributed by atoms with van der Waals surface area (Å²) >= 11 is 6.94. The van der Waals surface area contributed by atoms with E-state index in [4.69, 9.17) is 16.3 Å². The van der Waals surface area contributed by atoms with Gasteiger partial charge in [-0.05, 0) is 93.0 Å². The third-order valence-corrected chi connectivity index (χ3v) is 9.73. The molecule has 51 heavy (non-hydrogen) atoms. The maximum atomic E-state index is 16.5. The van der Waals surface area contributed by atoms with Gasteiger partial charge in [-0.3, -0.25) is 14.3 Å². The van der Waals surface area contributed by atoms with Crippen LogP contribution >= 0.6 is 11.6 Å². The number of carbonyl (C=O) groups excluding carboxylic acids is 3. The minimum atomic E-state index is -0.611.